The molecule has 14 heavy (non-hydrogen) atoms. The lowest BCUT2D eigenvalue weighted by Gasteiger charge is -2.12. The van der Waals surface area contributed by atoms with Crippen LogP contribution >= 0.6 is 11.8 Å². The smallest absolute Gasteiger partial charge is 0.123 e. The van der Waals surface area contributed by atoms with Crippen LogP contribution in [-0.2, 0) is 5.75 Å². The Balaban J connectivity index is 2.39. The maximum Gasteiger partial charge on any atom is 0.123 e. The number of hydrogen-bond acceptors (Lipinski definition) is 2. The number of benzene rings is 1. The average Bonchev–Trinajstić information content (AvgIpc) is 2.27. The molecule has 0 amide bonds. The summed E-state index contributed by atoms with van der Waals surface area (Å²) in [5, 5.41) is 10.3. The number of aliphatic hydroxyl groups is 1. The fourth-order valence-corrected chi connectivity index (χ4v) is 2.79. The molecule has 1 aliphatic rings. The van der Waals surface area contributed by atoms with E-state index in [0.29, 0.717) is 11.7 Å². The molecule has 1 heterocycles. The van der Waals surface area contributed by atoms with Gasteiger partial charge in [0.15, 0.2) is 0 Å². The van der Waals surface area contributed by atoms with Gasteiger partial charge in [-0.2, -0.15) is 11.8 Å². The summed E-state index contributed by atoms with van der Waals surface area (Å²) in [5.41, 5.74) is 1.83. The lowest BCUT2D eigenvalue weighted by atomic mass is 10.0. The van der Waals surface area contributed by atoms with E-state index in [4.69, 9.17) is 0 Å². The minimum atomic E-state index is -0.509. The quantitative estimate of drug-likeness (QED) is 0.713. The molecule has 3 heteroatoms. The van der Waals surface area contributed by atoms with Gasteiger partial charge < -0.3 is 5.11 Å². The van der Waals surface area contributed by atoms with Gasteiger partial charge >= 0.3 is 0 Å². The Kier molecular flexibility index (Phi) is 2.79. The predicted molar refractivity (Wildman–Crippen MR) is 56.7 cm³/mol. The van der Waals surface area contributed by atoms with Crippen LogP contribution in [0.1, 0.15) is 30.6 Å². The van der Waals surface area contributed by atoms with Crippen LogP contribution in [0.5, 0.6) is 0 Å². The van der Waals surface area contributed by atoms with Gasteiger partial charge in [0.1, 0.15) is 5.82 Å². The topological polar surface area (TPSA) is 20.2 Å². The number of hydrogen-bond donors (Lipinski definition) is 1. The third-order valence-corrected chi connectivity index (χ3v) is 3.78. The van der Waals surface area contributed by atoms with Gasteiger partial charge in [-0.15, -0.1) is 0 Å². The molecule has 1 unspecified atom stereocenters. The molecule has 0 saturated heterocycles. The molecule has 0 bridgehead atoms. The van der Waals surface area contributed by atoms with E-state index in [1.165, 1.54) is 12.1 Å². The molecule has 1 aromatic rings. The second-order valence-corrected chi connectivity index (χ2v) is 5.14. The zero-order chi connectivity index (χ0) is 10.1. The first-order chi connectivity index (χ1) is 6.66. The minimum absolute atomic E-state index is 0.262. The van der Waals surface area contributed by atoms with E-state index in [2.05, 4.69) is 6.92 Å². The van der Waals surface area contributed by atoms with Crippen molar-refractivity contribution in [2.75, 3.05) is 0 Å². The summed E-state index contributed by atoms with van der Waals surface area (Å²) in [4.78, 5) is 0. The molecule has 0 spiro atoms. The highest BCUT2D eigenvalue weighted by Gasteiger charge is 2.20. The molecule has 0 aromatic heterocycles. The Morgan fingerprint density at radius 1 is 1.50 bits per heavy atom. The Bertz CT molecular complexity index is 340. The number of aliphatic hydroxyl groups excluding tert-OH is 1. The first-order valence-corrected chi connectivity index (χ1v) is 5.79. The van der Waals surface area contributed by atoms with E-state index in [9.17, 15) is 9.50 Å². The van der Waals surface area contributed by atoms with Gasteiger partial charge in [-0.1, -0.05) is 13.0 Å². The van der Waals surface area contributed by atoms with Crippen molar-refractivity contribution in [2.24, 2.45) is 0 Å². The monoisotopic (exact) mass is 212 g/mol. The third-order valence-electron chi connectivity index (χ3n) is 2.55. The molecule has 76 valence electrons. The lowest BCUT2D eigenvalue weighted by Crippen LogP contribution is -2.03. The van der Waals surface area contributed by atoms with Gasteiger partial charge in [0, 0.05) is 11.0 Å². The molecule has 1 nitrogen and oxygen atoms in total. The average molecular weight is 212 g/mol. The van der Waals surface area contributed by atoms with Crippen molar-refractivity contribution in [2.45, 2.75) is 30.5 Å². The molecule has 0 aliphatic carbocycles. The molecule has 0 saturated carbocycles. The molecular formula is C11H13FOS. The molecular weight excluding hydrogens is 199 g/mol. The third kappa shape index (κ3) is 1.93. The molecule has 2 rings (SSSR count). The highest BCUT2D eigenvalue weighted by molar-refractivity contribution is 7.99. The fraction of sp³-hybridized carbons (Fsp3) is 0.455. The summed E-state index contributed by atoms with van der Waals surface area (Å²) in [5.74, 6) is 0.607. The lowest BCUT2D eigenvalue weighted by molar-refractivity contribution is 0.168. The van der Waals surface area contributed by atoms with Crippen LogP contribution in [0.3, 0.4) is 0 Å². The number of thioether (sulfide) groups is 1. The molecule has 2 atom stereocenters. The number of fused-ring (bicyclic) bond motifs is 1. The summed E-state index contributed by atoms with van der Waals surface area (Å²) < 4.78 is 13.0. The van der Waals surface area contributed by atoms with Gasteiger partial charge in [-0.25, -0.2) is 4.39 Å². The van der Waals surface area contributed by atoms with Crippen LogP contribution < -0.4 is 0 Å². The van der Waals surface area contributed by atoms with Crippen molar-refractivity contribution < 1.29 is 9.50 Å². The van der Waals surface area contributed by atoms with Crippen LogP contribution in [0.25, 0.3) is 0 Å². The van der Waals surface area contributed by atoms with Crippen molar-refractivity contribution in [3.8, 4) is 0 Å². The van der Waals surface area contributed by atoms with E-state index < -0.39 is 6.10 Å². The second-order valence-electron chi connectivity index (χ2n) is 3.72. The maximum absolute atomic E-state index is 13.0. The van der Waals surface area contributed by atoms with Crippen molar-refractivity contribution in [1.29, 1.82) is 0 Å². The Morgan fingerprint density at radius 2 is 2.29 bits per heavy atom. The van der Waals surface area contributed by atoms with Gasteiger partial charge in [-0.05, 0) is 29.7 Å². The summed E-state index contributed by atoms with van der Waals surface area (Å²) in [6, 6.07) is 4.69. The van der Waals surface area contributed by atoms with Gasteiger partial charge in [0.05, 0.1) is 6.10 Å². The normalized spacial score (nSPS) is 26.8. The minimum Gasteiger partial charge on any atom is -0.388 e. The van der Waals surface area contributed by atoms with Crippen molar-refractivity contribution in [3.63, 3.8) is 0 Å². The highest BCUT2D eigenvalue weighted by atomic mass is 32.2. The predicted octanol–water partition coefficient (Wildman–Crippen LogP) is 2.88. The molecule has 0 fully saturated rings. The Labute approximate surface area is 87.3 Å². The van der Waals surface area contributed by atoms with Gasteiger partial charge in [0.2, 0.25) is 0 Å². The Morgan fingerprint density at radius 3 is 3.07 bits per heavy atom. The van der Waals surface area contributed by atoms with E-state index in [-0.39, 0.29) is 5.82 Å². The summed E-state index contributed by atoms with van der Waals surface area (Å²) in [6.45, 7) is 2.09. The maximum atomic E-state index is 13.0. The summed E-state index contributed by atoms with van der Waals surface area (Å²) in [7, 11) is 0. The van der Waals surface area contributed by atoms with E-state index in [1.54, 1.807) is 6.07 Å². The van der Waals surface area contributed by atoms with Crippen molar-refractivity contribution >= 4 is 11.8 Å². The van der Waals surface area contributed by atoms with E-state index >= 15 is 0 Å². The zero-order valence-corrected chi connectivity index (χ0v) is 8.85. The first kappa shape index (κ1) is 9.99. The van der Waals surface area contributed by atoms with Crippen LogP contribution in [0, 0.1) is 5.82 Å². The van der Waals surface area contributed by atoms with Crippen LogP contribution in [0.2, 0.25) is 0 Å². The molecule has 1 N–H and O–H groups in total. The van der Waals surface area contributed by atoms with Crippen LogP contribution in [0.15, 0.2) is 18.2 Å². The molecule has 1 aromatic carbocycles. The fourth-order valence-electron chi connectivity index (χ4n) is 1.75. The summed E-state index contributed by atoms with van der Waals surface area (Å²) in [6.07, 6.45) is 0.201. The molecule has 0 radical (unpaired) electrons. The summed E-state index contributed by atoms with van der Waals surface area (Å²) >= 11 is 1.81. The SMILES string of the molecule is CC1C[C@H](O)c2cc(F)ccc2CS1. The van der Waals surface area contributed by atoms with Crippen LogP contribution in [-0.4, -0.2) is 10.4 Å². The van der Waals surface area contributed by atoms with Crippen LogP contribution in [0.4, 0.5) is 4.39 Å². The second kappa shape index (κ2) is 3.91. The number of rotatable bonds is 0. The Hall–Kier alpha value is -0.540. The highest BCUT2D eigenvalue weighted by Crippen LogP contribution is 2.34. The molecule has 1 aliphatic heterocycles. The number of halogens is 1. The zero-order valence-electron chi connectivity index (χ0n) is 8.03. The first-order valence-electron chi connectivity index (χ1n) is 4.75. The van der Waals surface area contributed by atoms with Gasteiger partial charge in [0.25, 0.3) is 0 Å². The van der Waals surface area contributed by atoms with Crippen molar-refractivity contribution in [3.05, 3.63) is 35.1 Å². The van der Waals surface area contributed by atoms with Crippen molar-refractivity contribution in [1.82, 2.24) is 0 Å². The standard InChI is InChI=1S/C11H13FOS/c1-7-4-11(13)10-5-9(12)3-2-8(10)6-14-7/h2-3,5,7,11,13H,4,6H2,1H3/t7?,11-/m0/s1. The van der Waals surface area contributed by atoms with E-state index in [0.717, 1.165) is 16.9 Å². The largest absolute Gasteiger partial charge is 0.388 e. The van der Waals surface area contributed by atoms with E-state index in [1.807, 2.05) is 11.8 Å². The van der Waals surface area contributed by atoms with Gasteiger partial charge in [-0.3, -0.25) is 0 Å².